The molecule has 0 saturated heterocycles. The fourth-order valence-corrected chi connectivity index (χ4v) is 4.64. The maximum atomic E-state index is 15.4. The van der Waals surface area contributed by atoms with Crippen molar-refractivity contribution in [1.82, 2.24) is 10.6 Å². The quantitative estimate of drug-likeness (QED) is 0.287. The summed E-state index contributed by atoms with van der Waals surface area (Å²) >= 11 is 6.21. The molecule has 1 atom stereocenters. The standard InChI is InChI=1S/C25H17ClF7N3O3/c26-15-2-1-11(27)6-12(15)21-19-13(18-14(23(34)38)4-10(5-16(18)28)25(31,32)33)3-9(7-35-8-17(29)30)22(37)20(19)24(39)36-21/h1-6,17,21,35,37H,7-8H2,(H2,34,38)(H,36,39). The van der Waals surface area contributed by atoms with Crippen molar-refractivity contribution < 1.29 is 45.4 Å². The molecule has 1 unspecified atom stereocenters. The smallest absolute Gasteiger partial charge is 0.416 e. The average Bonchev–Trinajstić information content (AvgIpc) is 3.18. The second kappa shape index (κ2) is 10.4. The Labute approximate surface area is 220 Å². The van der Waals surface area contributed by atoms with E-state index in [0.29, 0.717) is 6.07 Å². The summed E-state index contributed by atoms with van der Waals surface area (Å²) in [5.74, 6) is -5.46. The van der Waals surface area contributed by atoms with Gasteiger partial charge < -0.3 is 21.5 Å². The molecule has 3 aromatic rings. The van der Waals surface area contributed by atoms with Crippen LogP contribution in [0.2, 0.25) is 5.02 Å². The second-order valence-corrected chi connectivity index (χ2v) is 8.96. The third-order valence-corrected chi connectivity index (χ3v) is 6.39. The molecule has 0 aliphatic carbocycles. The molecule has 0 radical (unpaired) electrons. The molecule has 14 heteroatoms. The number of halogens is 8. The van der Waals surface area contributed by atoms with Gasteiger partial charge >= 0.3 is 6.18 Å². The molecule has 1 aliphatic rings. The molecule has 5 N–H and O–H groups in total. The first-order valence-corrected chi connectivity index (χ1v) is 11.4. The van der Waals surface area contributed by atoms with Crippen LogP contribution in [0, 0.1) is 11.6 Å². The van der Waals surface area contributed by atoms with E-state index in [-0.39, 0.29) is 33.3 Å². The lowest BCUT2D eigenvalue weighted by molar-refractivity contribution is -0.137. The Morgan fingerprint density at radius 3 is 2.44 bits per heavy atom. The number of hydrogen-bond donors (Lipinski definition) is 4. The Balaban J connectivity index is 2.07. The lowest BCUT2D eigenvalue weighted by Gasteiger charge is -2.21. The van der Waals surface area contributed by atoms with Crippen molar-refractivity contribution in [2.75, 3.05) is 6.54 Å². The number of fused-ring (bicyclic) bond motifs is 1. The predicted octanol–water partition coefficient (Wildman–Crippen LogP) is 5.30. The summed E-state index contributed by atoms with van der Waals surface area (Å²) < 4.78 is 95.0. The number of carbonyl (C=O) groups is 2. The minimum absolute atomic E-state index is 0.0547. The predicted molar refractivity (Wildman–Crippen MR) is 125 cm³/mol. The number of primary amides is 1. The molecular weight excluding hydrogens is 559 g/mol. The number of rotatable bonds is 7. The molecule has 3 aromatic carbocycles. The van der Waals surface area contributed by atoms with Gasteiger partial charge in [0.15, 0.2) is 0 Å². The maximum absolute atomic E-state index is 15.4. The van der Waals surface area contributed by atoms with Gasteiger partial charge in [-0.05, 0) is 42.0 Å². The van der Waals surface area contributed by atoms with Gasteiger partial charge in [-0.2, -0.15) is 13.2 Å². The van der Waals surface area contributed by atoms with Crippen LogP contribution in [-0.4, -0.2) is 29.9 Å². The van der Waals surface area contributed by atoms with Crippen LogP contribution in [0.15, 0.2) is 36.4 Å². The first kappa shape index (κ1) is 28.2. The largest absolute Gasteiger partial charge is 0.507 e. The Morgan fingerprint density at radius 1 is 1.13 bits per heavy atom. The van der Waals surface area contributed by atoms with E-state index in [1.807, 2.05) is 0 Å². The third kappa shape index (κ3) is 5.36. The molecule has 0 saturated carbocycles. The van der Waals surface area contributed by atoms with Crippen LogP contribution in [-0.2, 0) is 12.7 Å². The van der Waals surface area contributed by atoms with Gasteiger partial charge in [-0.1, -0.05) is 11.6 Å². The fraction of sp³-hybridized carbons (Fsp3) is 0.200. The van der Waals surface area contributed by atoms with E-state index in [4.69, 9.17) is 17.3 Å². The van der Waals surface area contributed by atoms with Crippen molar-refractivity contribution in [3.8, 4) is 16.9 Å². The van der Waals surface area contributed by atoms with E-state index in [0.717, 1.165) is 24.3 Å². The van der Waals surface area contributed by atoms with Crippen molar-refractivity contribution in [2.45, 2.75) is 25.2 Å². The molecule has 0 fully saturated rings. The number of phenols is 1. The van der Waals surface area contributed by atoms with E-state index in [2.05, 4.69) is 10.6 Å². The molecule has 2 amide bonds. The van der Waals surface area contributed by atoms with Gasteiger partial charge in [0.2, 0.25) is 5.91 Å². The van der Waals surface area contributed by atoms with Gasteiger partial charge in [-0.15, -0.1) is 0 Å². The van der Waals surface area contributed by atoms with E-state index in [9.17, 15) is 41.0 Å². The average molecular weight is 576 g/mol. The molecule has 0 spiro atoms. The van der Waals surface area contributed by atoms with Crippen LogP contribution >= 0.6 is 11.6 Å². The summed E-state index contributed by atoms with van der Waals surface area (Å²) in [5.41, 5.74) is 0.721. The highest BCUT2D eigenvalue weighted by atomic mass is 35.5. The normalized spacial score (nSPS) is 15.0. The van der Waals surface area contributed by atoms with E-state index in [1.165, 1.54) is 0 Å². The number of amides is 2. The van der Waals surface area contributed by atoms with Crippen molar-refractivity contribution in [3.63, 3.8) is 0 Å². The van der Waals surface area contributed by atoms with Gasteiger partial charge in [0, 0.05) is 33.8 Å². The van der Waals surface area contributed by atoms with Gasteiger partial charge in [0.1, 0.15) is 17.4 Å². The summed E-state index contributed by atoms with van der Waals surface area (Å²) in [6, 6.07) is 3.21. The highest BCUT2D eigenvalue weighted by Gasteiger charge is 2.40. The highest BCUT2D eigenvalue weighted by molar-refractivity contribution is 6.31. The van der Waals surface area contributed by atoms with E-state index in [1.54, 1.807) is 0 Å². The molecule has 1 aliphatic heterocycles. The summed E-state index contributed by atoms with van der Waals surface area (Å²) in [6.45, 7) is -1.32. The molecule has 6 nitrogen and oxygen atoms in total. The molecule has 39 heavy (non-hydrogen) atoms. The van der Waals surface area contributed by atoms with Gasteiger partial charge in [-0.25, -0.2) is 17.6 Å². The molecule has 0 bridgehead atoms. The zero-order valence-electron chi connectivity index (χ0n) is 19.4. The van der Waals surface area contributed by atoms with Gasteiger partial charge in [0.25, 0.3) is 12.3 Å². The Morgan fingerprint density at radius 2 is 1.82 bits per heavy atom. The topological polar surface area (TPSA) is 104 Å². The van der Waals surface area contributed by atoms with E-state index < -0.39 is 83.2 Å². The van der Waals surface area contributed by atoms with Crippen molar-refractivity contribution in [2.24, 2.45) is 5.73 Å². The monoisotopic (exact) mass is 575 g/mol. The van der Waals surface area contributed by atoms with Crippen LogP contribution in [0.4, 0.5) is 30.7 Å². The zero-order chi connectivity index (χ0) is 28.8. The number of phenolic OH excluding ortho intramolecular Hbond substituents is 1. The van der Waals surface area contributed by atoms with Crippen LogP contribution in [0.3, 0.4) is 0 Å². The fourth-order valence-electron chi connectivity index (χ4n) is 4.41. The number of benzene rings is 3. The van der Waals surface area contributed by atoms with Crippen molar-refractivity contribution in [1.29, 1.82) is 0 Å². The first-order valence-electron chi connectivity index (χ1n) is 11.0. The highest BCUT2D eigenvalue weighted by Crippen LogP contribution is 2.47. The third-order valence-electron chi connectivity index (χ3n) is 6.05. The summed E-state index contributed by atoms with van der Waals surface area (Å²) in [6.07, 6.45) is -7.85. The van der Waals surface area contributed by atoms with Crippen molar-refractivity contribution in [3.05, 3.63) is 86.4 Å². The minimum Gasteiger partial charge on any atom is -0.507 e. The number of aromatic hydroxyl groups is 1. The Kier molecular flexibility index (Phi) is 7.50. The minimum atomic E-state index is -5.06. The number of nitrogens with two attached hydrogens (primary N) is 1. The second-order valence-electron chi connectivity index (χ2n) is 8.56. The van der Waals surface area contributed by atoms with Crippen LogP contribution < -0.4 is 16.4 Å². The summed E-state index contributed by atoms with van der Waals surface area (Å²) in [7, 11) is 0. The number of alkyl halides is 5. The van der Waals surface area contributed by atoms with Gasteiger partial charge in [0.05, 0.1) is 29.3 Å². The number of hydrogen-bond acceptors (Lipinski definition) is 4. The SMILES string of the molecule is NC(=O)c1cc(C(F)(F)F)cc(F)c1-c1cc(CNCC(F)F)c(O)c2c1C(c1cc(F)ccc1Cl)NC2=O. The number of nitrogens with one attached hydrogen (secondary N) is 2. The zero-order valence-corrected chi connectivity index (χ0v) is 20.2. The van der Waals surface area contributed by atoms with Crippen LogP contribution in [0.1, 0.15) is 49.0 Å². The number of carbonyl (C=O) groups excluding carboxylic acids is 2. The molecule has 1 heterocycles. The van der Waals surface area contributed by atoms with Crippen LogP contribution in [0.25, 0.3) is 11.1 Å². The first-order chi connectivity index (χ1) is 18.2. The lowest BCUT2D eigenvalue weighted by Crippen LogP contribution is -2.21. The Hall–Kier alpha value is -3.84. The summed E-state index contributed by atoms with van der Waals surface area (Å²) in [5, 5.41) is 15.6. The van der Waals surface area contributed by atoms with Gasteiger partial charge in [-0.3, -0.25) is 9.59 Å². The Bertz CT molecular complexity index is 1490. The molecule has 0 aromatic heterocycles. The maximum Gasteiger partial charge on any atom is 0.416 e. The van der Waals surface area contributed by atoms with E-state index >= 15 is 4.39 Å². The van der Waals surface area contributed by atoms with Crippen LogP contribution in [0.5, 0.6) is 5.75 Å². The molecule has 206 valence electrons. The lowest BCUT2D eigenvalue weighted by atomic mass is 9.85. The molecule has 4 rings (SSSR count). The van der Waals surface area contributed by atoms with Crippen molar-refractivity contribution >= 4 is 23.4 Å². The molecular formula is C25H17ClF7N3O3. The summed E-state index contributed by atoms with van der Waals surface area (Å²) in [4.78, 5) is 25.2.